The number of nitrogens with zero attached hydrogens (tertiary/aromatic N) is 3. The monoisotopic (exact) mass is 679 g/mol. The third kappa shape index (κ3) is 8.10. The Morgan fingerprint density at radius 2 is 0.846 bits per heavy atom. The summed E-state index contributed by atoms with van der Waals surface area (Å²) in [4.78, 5) is 15.1. The minimum atomic E-state index is -0.515. The fourth-order valence-electron chi connectivity index (χ4n) is 6.12. The van der Waals surface area contributed by atoms with E-state index < -0.39 is 7.12 Å². The molecule has 7 aromatic rings. The van der Waals surface area contributed by atoms with Crippen molar-refractivity contribution in [2.24, 2.45) is 0 Å². The molecule has 0 unspecified atom stereocenters. The SMILES string of the molecule is CCOB(OC(C)(C)CC)c1cccc(-c2nc(-c3ccccc3)nc(-c3cccc(-c4cc(-c5ccccc5)cc(-c5ccccc5)c4)c3)n2)c1. The lowest BCUT2D eigenvalue weighted by atomic mass is 9.76. The van der Waals surface area contributed by atoms with Gasteiger partial charge in [0, 0.05) is 28.9 Å². The van der Waals surface area contributed by atoms with Gasteiger partial charge in [-0.3, -0.25) is 0 Å². The van der Waals surface area contributed by atoms with E-state index in [0.717, 1.165) is 50.8 Å². The maximum Gasteiger partial charge on any atom is 0.494 e. The lowest BCUT2D eigenvalue weighted by molar-refractivity contribution is 0.0706. The summed E-state index contributed by atoms with van der Waals surface area (Å²) in [7, 11) is -0.515. The Morgan fingerprint density at radius 3 is 1.37 bits per heavy atom. The van der Waals surface area contributed by atoms with Crippen molar-refractivity contribution in [3.63, 3.8) is 0 Å². The highest BCUT2D eigenvalue weighted by molar-refractivity contribution is 6.61. The molecule has 5 nitrogen and oxygen atoms in total. The zero-order chi connectivity index (χ0) is 35.9. The van der Waals surface area contributed by atoms with E-state index >= 15 is 0 Å². The predicted octanol–water partition coefficient (Wildman–Crippen LogP) is 10.8. The van der Waals surface area contributed by atoms with Crippen molar-refractivity contribution in [3.05, 3.63) is 158 Å². The average molecular weight is 680 g/mol. The van der Waals surface area contributed by atoms with Gasteiger partial charge in [-0.05, 0) is 90.3 Å². The van der Waals surface area contributed by atoms with Crippen molar-refractivity contribution in [1.29, 1.82) is 0 Å². The normalized spacial score (nSPS) is 11.4. The summed E-state index contributed by atoms with van der Waals surface area (Å²) in [6.45, 7) is 8.80. The zero-order valence-corrected chi connectivity index (χ0v) is 30.2. The van der Waals surface area contributed by atoms with Gasteiger partial charge in [-0.2, -0.15) is 0 Å². The topological polar surface area (TPSA) is 57.1 Å². The van der Waals surface area contributed by atoms with Gasteiger partial charge >= 0.3 is 7.12 Å². The van der Waals surface area contributed by atoms with Crippen molar-refractivity contribution < 1.29 is 9.31 Å². The van der Waals surface area contributed by atoms with Gasteiger partial charge in [-0.25, -0.2) is 15.0 Å². The van der Waals surface area contributed by atoms with Crippen LogP contribution >= 0.6 is 0 Å². The van der Waals surface area contributed by atoms with Crippen LogP contribution in [0.1, 0.15) is 34.1 Å². The van der Waals surface area contributed by atoms with E-state index in [1.54, 1.807) is 0 Å². The molecule has 0 N–H and O–H groups in total. The smallest absolute Gasteiger partial charge is 0.408 e. The van der Waals surface area contributed by atoms with Gasteiger partial charge in [0.25, 0.3) is 0 Å². The molecule has 1 heterocycles. The van der Waals surface area contributed by atoms with Gasteiger partial charge in [-0.1, -0.05) is 140 Å². The minimum absolute atomic E-state index is 0.343. The van der Waals surface area contributed by atoms with E-state index in [9.17, 15) is 0 Å². The molecule has 0 aliphatic heterocycles. The third-order valence-corrected chi connectivity index (χ3v) is 9.28. The van der Waals surface area contributed by atoms with E-state index in [4.69, 9.17) is 24.3 Å². The summed E-state index contributed by atoms with van der Waals surface area (Å²) in [5, 5.41) is 0. The van der Waals surface area contributed by atoms with Crippen LogP contribution in [0.4, 0.5) is 0 Å². The average Bonchev–Trinajstić information content (AvgIpc) is 3.21. The van der Waals surface area contributed by atoms with Gasteiger partial charge in [0.2, 0.25) is 0 Å². The summed E-state index contributed by atoms with van der Waals surface area (Å²) in [5.74, 6) is 1.79. The fourth-order valence-corrected chi connectivity index (χ4v) is 6.12. The Morgan fingerprint density at radius 1 is 0.442 bits per heavy atom. The molecule has 0 amide bonds. The molecule has 0 fully saturated rings. The standard InChI is InChI=1S/C46H42BN3O2/c1-5-46(3,4)52-47(51-6-2)42-27-17-26-38(32-42)45-49-43(35-22-14-9-15-23-35)48-44(50-45)37-25-16-24-36(28-37)41-30-39(33-18-10-7-11-19-33)29-40(31-41)34-20-12-8-13-21-34/h7-32H,5-6H2,1-4H3. The maximum atomic E-state index is 6.44. The maximum absolute atomic E-state index is 6.44. The Balaban J connectivity index is 1.33. The van der Waals surface area contributed by atoms with Crippen molar-refractivity contribution in [3.8, 4) is 67.5 Å². The summed E-state index contributed by atoms with van der Waals surface area (Å²) in [6.07, 6.45) is 0.858. The van der Waals surface area contributed by atoms with E-state index in [1.165, 1.54) is 11.1 Å². The largest absolute Gasteiger partial charge is 0.494 e. The second-order valence-corrected chi connectivity index (χ2v) is 13.4. The third-order valence-electron chi connectivity index (χ3n) is 9.28. The Hall–Kier alpha value is -5.69. The van der Waals surface area contributed by atoms with Gasteiger partial charge in [0.05, 0.1) is 0 Å². The Kier molecular flexibility index (Phi) is 10.5. The first-order valence-corrected chi connectivity index (χ1v) is 18.0. The second kappa shape index (κ2) is 15.7. The van der Waals surface area contributed by atoms with Crippen LogP contribution in [0.3, 0.4) is 0 Å². The molecule has 0 radical (unpaired) electrons. The van der Waals surface area contributed by atoms with E-state index in [2.05, 4.69) is 130 Å². The molecule has 1 aromatic heterocycles. The van der Waals surface area contributed by atoms with Gasteiger partial charge in [0.1, 0.15) is 0 Å². The molecule has 0 saturated heterocycles. The van der Waals surface area contributed by atoms with Crippen LogP contribution in [-0.2, 0) is 9.31 Å². The molecule has 0 bridgehead atoms. The van der Waals surface area contributed by atoms with E-state index in [1.807, 2.05) is 55.5 Å². The number of hydrogen-bond donors (Lipinski definition) is 0. The summed E-state index contributed by atoms with van der Waals surface area (Å²) in [5.41, 5.74) is 10.1. The van der Waals surface area contributed by atoms with Crippen LogP contribution in [-0.4, -0.2) is 34.3 Å². The number of rotatable bonds is 12. The van der Waals surface area contributed by atoms with Crippen LogP contribution in [0.5, 0.6) is 0 Å². The second-order valence-electron chi connectivity index (χ2n) is 13.4. The first-order chi connectivity index (χ1) is 25.4. The van der Waals surface area contributed by atoms with Gasteiger partial charge in [0.15, 0.2) is 17.5 Å². The summed E-state index contributed by atoms with van der Waals surface area (Å²) >= 11 is 0. The van der Waals surface area contributed by atoms with Crippen LogP contribution in [0.2, 0.25) is 0 Å². The molecule has 256 valence electrons. The molecule has 0 spiro atoms. The number of aromatic nitrogens is 3. The first kappa shape index (κ1) is 34.7. The van der Waals surface area contributed by atoms with Crippen LogP contribution < -0.4 is 5.46 Å². The molecular formula is C46H42BN3O2. The molecule has 52 heavy (non-hydrogen) atoms. The van der Waals surface area contributed by atoms with Crippen molar-refractivity contribution in [1.82, 2.24) is 15.0 Å². The lowest BCUT2D eigenvalue weighted by Gasteiger charge is -2.28. The molecule has 6 heteroatoms. The van der Waals surface area contributed by atoms with Crippen molar-refractivity contribution in [2.45, 2.75) is 39.7 Å². The highest BCUT2D eigenvalue weighted by Crippen LogP contribution is 2.34. The summed E-state index contributed by atoms with van der Waals surface area (Å²) in [6, 6.07) is 54.5. The van der Waals surface area contributed by atoms with Gasteiger partial charge < -0.3 is 9.31 Å². The van der Waals surface area contributed by atoms with Crippen LogP contribution in [0.15, 0.2) is 158 Å². The minimum Gasteiger partial charge on any atom is -0.408 e. The van der Waals surface area contributed by atoms with Crippen LogP contribution in [0, 0.1) is 0 Å². The highest BCUT2D eigenvalue weighted by atomic mass is 16.6. The van der Waals surface area contributed by atoms with Crippen molar-refractivity contribution >= 4 is 12.6 Å². The fraction of sp³-hybridized carbons (Fsp3) is 0.152. The van der Waals surface area contributed by atoms with Crippen molar-refractivity contribution in [2.75, 3.05) is 6.61 Å². The molecule has 6 aromatic carbocycles. The number of benzene rings is 6. The van der Waals surface area contributed by atoms with Gasteiger partial charge in [-0.15, -0.1) is 0 Å². The highest BCUT2D eigenvalue weighted by Gasteiger charge is 2.29. The first-order valence-electron chi connectivity index (χ1n) is 18.0. The van der Waals surface area contributed by atoms with E-state index in [0.29, 0.717) is 24.1 Å². The predicted molar refractivity (Wildman–Crippen MR) is 215 cm³/mol. The molecule has 0 aliphatic carbocycles. The Labute approximate surface area is 307 Å². The van der Waals surface area contributed by atoms with E-state index in [-0.39, 0.29) is 5.60 Å². The molecular weight excluding hydrogens is 637 g/mol. The zero-order valence-electron chi connectivity index (χ0n) is 30.2. The van der Waals surface area contributed by atoms with Crippen LogP contribution in [0.25, 0.3) is 67.5 Å². The lowest BCUT2D eigenvalue weighted by Crippen LogP contribution is -2.43. The number of hydrogen-bond acceptors (Lipinski definition) is 5. The Bertz CT molecular complexity index is 2200. The quantitative estimate of drug-likeness (QED) is 0.120. The molecule has 0 aliphatic rings. The molecule has 0 saturated carbocycles. The molecule has 7 rings (SSSR count). The summed E-state index contributed by atoms with van der Waals surface area (Å²) < 4.78 is 12.5. The molecule has 0 atom stereocenters.